The molecule has 1 aliphatic rings. The van der Waals surface area contributed by atoms with E-state index >= 15 is 0 Å². The van der Waals surface area contributed by atoms with Crippen LogP contribution in [0.15, 0.2) is 30.0 Å². The van der Waals surface area contributed by atoms with Crippen LogP contribution in [-0.4, -0.2) is 12.3 Å². The summed E-state index contributed by atoms with van der Waals surface area (Å²) in [6.45, 7) is 2.68. The van der Waals surface area contributed by atoms with Crippen LogP contribution in [0.25, 0.3) is 4.91 Å². The zero-order valence-electron chi connectivity index (χ0n) is 9.12. The Morgan fingerprint density at radius 2 is 2.19 bits per heavy atom. The van der Waals surface area contributed by atoms with E-state index in [1.165, 1.54) is 16.2 Å². The van der Waals surface area contributed by atoms with E-state index in [0.29, 0.717) is 6.54 Å². The van der Waals surface area contributed by atoms with Gasteiger partial charge in [-0.3, -0.25) is 4.79 Å². The lowest BCUT2D eigenvalue weighted by Crippen LogP contribution is -2.09. The van der Waals surface area contributed by atoms with E-state index in [2.05, 4.69) is 29.7 Å². The maximum Gasteiger partial charge on any atom is 0.207 e. The molecule has 1 aliphatic heterocycles. The summed E-state index contributed by atoms with van der Waals surface area (Å²) in [7, 11) is 0. The maximum atomic E-state index is 10.2. The number of thioether (sulfide) groups is 1. The number of benzene rings is 1. The van der Waals surface area contributed by atoms with Crippen molar-refractivity contribution in [3.05, 3.63) is 41.1 Å². The van der Waals surface area contributed by atoms with Crippen molar-refractivity contribution in [3.8, 4) is 0 Å². The molecule has 0 spiro atoms. The molecular formula is C12H14N2OS. The summed E-state index contributed by atoms with van der Waals surface area (Å²) in [5, 5.41) is 5.95. The Morgan fingerprint density at radius 1 is 1.44 bits per heavy atom. The van der Waals surface area contributed by atoms with Gasteiger partial charge in [0.05, 0.1) is 5.88 Å². The molecule has 4 heteroatoms. The van der Waals surface area contributed by atoms with Gasteiger partial charge in [0, 0.05) is 17.1 Å². The molecule has 0 saturated heterocycles. The van der Waals surface area contributed by atoms with Gasteiger partial charge in [0.1, 0.15) is 0 Å². The van der Waals surface area contributed by atoms with Gasteiger partial charge >= 0.3 is 0 Å². The molecule has 3 nitrogen and oxygen atoms in total. The fourth-order valence-electron chi connectivity index (χ4n) is 1.64. The van der Waals surface area contributed by atoms with Gasteiger partial charge in [-0.1, -0.05) is 24.3 Å². The topological polar surface area (TPSA) is 41.1 Å². The first-order chi connectivity index (χ1) is 7.81. The third kappa shape index (κ3) is 2.39. The van der Waals surface area contributed by atoms with E-state index in [1.807, 2.05) is 23.9 Å². The molecule has 0 aliphatic carbocycles. The Labute approximate surface area is 99.3 Å². The van der Waals surface area contributed by atoms with E-state index in [-0.39, 0.29) is 0 Å². The normalized spacial score (nSPS) is 14.8. The van der Waals surface area contributed by atoms with Crippen LogP contribution in [0.3, 0.4) is 0 Å². The van der Waals surface area contributed by atoms with Crippen molar-refractivity contribution < 1.29 is 4.79 Å². The minimum atomic E-state index is 0.590. The van der Waals surface area contributed by atoms with Crippen molar-refractivity contribution in [2.75, 3.05) is 5.88 Å². The standard InChI is InChI=1S/C12H14N2OS/c1-9-12(16-8-14-9)11-4-2-10(3-5-11)6-13-7-15/h2-5,7,14H,6,8H2,1H3,(H,13,15). The Kier molecular flexibility index (Phi) is 3.51. The molecule has 84 valence electrons. The minimum Gasteiger partial charge on any atom is -0.378 e. The zero-order valence-corrected chi connectivity index (χ0v) is 9.93. The number of allylic oxidation sites excluding steroid dienone is 1. The minimum absolute atomic E-state index is 0.590. The van der Waals surface area contributed by atoms with Crippen molar-refractivity contribution in [2.45, 2.75) is 13.5 Å². The number of hydrogen-bond acceptors (Lipinski definition) is 3. The molecule has 16 heavy (non-hydrogen) atoms. The van der Waals surface area contributed by atoms with Gasteiger partial charge in [0.2, 0.25) is 6.41 Å². The SMILES string of the molecule is CC1=C(c2ccc(CNC=O)cc2)SCN1. The number of nitrogens with one attached hydrogen (secondary N) is 2. The first kappa shape index (κ1) is 11.1. The molecule has 0 fully saturated rings. The van der Waals surface area contributed by atoms with E-state index < -0.39 is 0 Å². The van der Waals surface area contributed by atoms with Crippen LogP contribution in [0.4, 0.5) is 0 Å². The summed E-state index contributed by atoms with van der Waals surface area (Å²) in [5.41, 5.74) is 3.59. The lowest BCUT2D eigenvalue weighted by Gasteiger charge is -2.04. The first-order valence-electron chi connectivity index (χ1n) is 5.15. The molecule has 0 saturated carbocycles. The van der Waals surface area contributed by atoms with Crippen LogP contribution in [0.2, 0.25) is 0 Å². The molecule has 1 aromatic carbocycles. The zero-order chi connectivity index (χ0) is 11.4. The van der Waals surface area contributed by atoms with Crippen molar-refractivity contribution in [1.82, 2.24) is 10.6 Å². The van der Waals surface area contributed by atoms with Gasteiger partial charge in [-0.15, -0.1) is 11.8 Å². The monoisotopic (exact) mass is 234 g/mol. The second-order valence-electron chi connectivity index (χ2n) is 3.62. The molecule has 0 atom stereocenters. The smallest absolute Gasteiger partial charge is 0.207 e. The highest BCUT2D eigenvalue weighted by molar-refractivity contribution is 8.08. The van der Waals surface area contributed by atoms with Crippen molar-refractivity contribution in [1.29, 1.82) is 0 Å². The molecule has 0 aromatic heterocycles. The van der Waals surface area contributed by atoms with Crippen molar-refractivity contribution in [2.24, 2.45) is 0 Å². The van der Waals surface area contributed by atoms with Crippen LogP contribution >= 0.6 is 11.8 Å². The third-order valence-electron chi connectivity index (χ3n) is 2.50. The fraction of sp³-hybridized carbons (Fsp3) is 0.250. The molecule has 1 heterocycles. The van der Waals surface area contributed by atoms with Crippen LogP contribution in [0.5, 0.6) is 0 Å². The summed E-state index contributed by atoms with van der Waals surface area (Å²) in [5.74, 6) is 0.954. The van der Waals surface area contributed by atoms with Crippen LogP contribution < -0.4 is 10.6 Å². The molecule has 1 aromatic rings. The highest BCUT2D eigenvalue weighted by atomic mass is 32.2. The highest BCUT2D eigenvalue weighted by Crippen LogP contribution is 2.33. The number of carbonyl (C=O) groups is 1. The summed E-state index contributed by atoms with van der Waals surface area (Å²) in [4.78, 5) is 11.5. The molecular weight excluding hydrogens is 220 g/mol. The second-order valence-corrected chi connectivity index (χ2v) is 4.60. The predicted molar refractivity (Wildman–Crippen MR) is 67.5 cm³/mol. The van der Waals surface area contributed by atoms with Gasteiger partial charge in [-0.25, -0.2) is 0 Å². The summed E-state index contributed by atoms with van der Waals surface area (Å²) >= 11 is 1.82. The van der Waals surface area contributed by atoms with Gasteiger partial charge in [-0.05, 0) is 18.1 Å². The molecule has 1 amide bonds. The van der Waals surface area contributed by atoms with Gasteiger partial charge in [0.15, 0.2) is 0 Å². The lowest BCUT2D eigenvalue weighted by molar-refractivity contribution is -0.109. The Bertz CT molecular complexity index is 412. The Balaban J connectivity index is 2.13. The number of rotatable bonds is 4. The van der Waals surface area contributed by atoms with Crippen LogP contribution in [0.1, 0.15) is 18.1 Å². The second kappa shape index (κ2) is 5.07. The van der Waals surface area contributed by atoms with Crippen molar-refractivity contribution >= 4 is 23.1 Å². The summed E-state index contributed by atoms with van der Waals surface area (Å²) in [6, 6.07) is 8.29. The number of carbonyl (C=O) groups excluding carboxylic acids is 1. The number of amides is 1. The average molecular weight is 234 g/mol. The van der Waals surface area contributed by atoms with Gasteiger partial charge in [-0.2, -0.15) is 0 Å². The Hall–Kier alpha value is -1.42. The van der Waals surface area contributed by atoms with E-state index in [0.717, 1.165) is 17.9 Å². The molecule has 2 N–H and O–H groups in total. The van der Waals surface area contributed by atoms with Crippen LogP contribution in [-0.2, 0) is 11.3 Å². The van der Waals surface area contributed by atoms with E-state index in [4.69, 9.17) is 0 Å². The lowest BCUT2D eigenvalue weighted by atomic mass is 10.1. The fourth-order valence-corrected chi connectivity index (χ4v) is 2.66. The average Bonchev–Trinajstić information content (AvgIpc) is 2.74. The van der Waals surface area contributed by atoms with Crippen molar-refractivity contribution in [3.63, 3.8) is 0 Å². The van der Waals surface area contributed by atoms with E-state index in [9.17, 15) is 4.79 Å². The highest BCUT2D eigenvalue weighted by Gasteiger charge is 2.12. The van der Waals surface area contributed by atoms with Gasteiger partial charge < -0.3 is 10.6 Å². The first-order valence-corrected chi connectivity index (χ1v) is 6.13. The molecule has 0 unspecified atom stereocenters. The quantitative estimate of drug-likeness (QED) is 0.782. The maximum absolute atomic E-state index is 10.2. The predicted octanol–water partition coefficient (Wildman–Crippen LogP) is 1.92. The molecule has 0 bridgehead atoms. The summed E-state index contributed by atoms with van der Waals surface area (Å²) in [6.07, 6.45) is 0.720. The largest absolute Gasteiger partial charge is 0.378 e. The van der Waals surface area contributed by atoms with Crippen LogP contribution in [0, 0.1) is 0 Å². The summed E-state index contributed by atoms with van der Waals surface area (Å²) < 4.78 is 0. The molecule has 2 rings (SSSR count). The number of hydrogen-bond donors (Lipinski definition) is 2. The Morgan fingerprint density at radius 3 is 2.75 bits per heavy atom. The molecule has 0 radical (unpaired) electrons. The van der Waals surface area contributed by atoms with Gasteiger partial charge in [0.25, 0.3) is 0 Å². The third-order valence-corrected chi connectivity index (χ3v) is 3.62. The van der Waals surface area contributed by atoms with E-state index in [1.54, 1.807) is 0 Å².